The van der Waals surface area contributed by atoms with E-state index in [1.165, 1.54) is 6.08 Å². The number of rotatable bonds is 6. The smallest absolute Gasteiger partial charge is 0.248 e. The molecule has 2 heterocycles. The number of methoxy groups -OCH3 is 2. The Morgan fingerprint density at radius 3 is 2.61 bits per heavy atom. The van der Waals surface area contributed by atoms with Crippen molar-refractivity contribution in [3.8, 4) is 22.8 Å². The topological polar surface area (TPSA) is 64.9 Å². The number of amides is 1. The molecule has 0 atom stereocenters. The molecular formula is C25H23N3O3. The van der Waals surface area contributed by atoms with Crippen molar-refractivity contribution in [3.63, 3.8) is 0 Å². The lowest BCUT2D eigenvalue weighted by atomic mass is 10.1. The first kappa shape index (κ1) is 20.2. The number of carbonyl (C=O) groups excluding carboxylic acids is 1. The van der Waals surface area contributed by atoms with Gasteiger partial charge >= 0.3 is 0 Å². The number of hydrogen-bond acceptors (Lipinski definition) is 4. The predicted octanol–water partition coefficient (Wildman–Crippen LogP) is 4.98. The molecule has 0 bridgehead atoms. The monoisotopic (exact) mass is 413 g/mol. The van der Waals surface area contributed by atoms with Crippen molar-refractivity contribution in [3.05, 3.63) is 84.2 Å². The van der Waals surface area contributed by atoms with Crippen LogP contribution in [-0.4, -0.2) is 29.5 Å². The average Bonchev–Trinajstić information content (AvgIpc) is 3.23. The van der Waals surface area contributed by atoms with Crippen LogP contribution in [0.5, 0.6) is 11.5 Å². The molecule has 4 aromatic rings. The summed E-state index contributed by atoms with van der Waals surface area (Å²) in [4.78, 5) is 17.3. The first-order valence-electron chi connectivity index (χ1n) is 9.84. The van der Waals surface area contributed by atoms with Crippen LogP contribution in [0.4, 0.5) is 5.69 Å². The van der Waals surface area contributed by atoms with E-state index < -0.39 is 0 Å². The zero-order valence-corrected chi connectivity index (χ0v) is 17.6. The molecule has 0 radical (unpaired) electrons. The zero-order chi connectivity index (χ0) is 21.8. The van der Waals surface area contributed by atoms with Crippen LogP contribution in [0.15, 0.2) is 73.1 Å². The molecule has 0 fully saturated rings. The molecule has 156 valence electrons. The number of anilines is 1. The lowest BCUT2D eigenvalue weighted by molar-refractivity contribution is -0.111. The lowest BCUT2D eigenvalue weighted by Gasteiger charge is -2.08. The number of aryl methyl sites for hydroxylation is 1. The van der Waals surface area contributed by atoms with E-state index in [9.17, 15) is 4.79 Å². The van der Waals surface area contributed by atoms with Gasteiger partial charge in [0.05, 0.1) is 25.6 Å². The van der Waals surface area contributed by atoms with Crippen LogP contribution in [0.3, 0.4) is 0 Å². The van der Waals surface area contributed by atoms with E-state index in [0.29, 0.717) is 17.2 Å². The highest BCUT2D eigenvalue weighted by atomic mass is 16.5. The van der Waals surface area contributed by atoms with Crippen LogP contribution in [0.25, 0.3) is 23.0 Å². The number of carbonyl (C=O) groups is 1. The van der Waals surface area contributed by atoms with Gasteiger partial charge in [-0.15, -0.1) is 0 Å². The first-order valence-corrected chi connectivity index (χ1v) is 9.84. The molecule has 2 aromatic heterocycles. The maximum absolute atomic E-state index is 12.6. The number of para-hydroxylation sites is 1. The summed E-state index contributed by atoms with van der Waals surface area (Å²) in [5.41, 5.74) is 5.18. The van der Waals surface area contributed by atoms with Gasteiger partial charge in [0.2, 0.25) is 5.91 Å². The van der Waals surface area contributed by atoms with E-state index in [0.717, 1.165) is 28.0 Å². The van der Waals surface area contributed by atoms with E-state index in [4.69, 9.17) is 14.5 Å². The highest BCUT2D eigenvalue weighted by Gasteiger charge is 2.11. The van der Waals surface area contributed by atoms with Crippen LogP contribution in [0.1, 0.15) is 11.1 Å². The van der Waals surface area contributed by atoms with E-state index >= 15 is 0 Å². The summed E-state index contributed by atoms with van der Waals surface area (Å²) in [6, 6.07) is 17.1. The Labute approximate surface area is 180 Å². The number of hydrogen-bond donors (Lipinski definition) is 1. The normalized spacial score (nSPS) is 11.1. The number of fused-ring (bicyclic) bond motifs is 1. The van der Waals surface area contributed by atoms with Crippen LogP contribution in [0, 0.1) is 6.92 Å². The average molecular weight is 413 g/mol. The van der Waals surface area contributed by atoms with Gasteiger partial charge in [0, 0.05) is 24.0 Å². The Morgan fingerprint density at radius 1 is 1.03 bits per heavy atom. The van der Waals surface area contributed by atoms with Gasteiger partial charge in [-0.1, -0.05) is 30.3 Å². The fraction of sp³-hybridized carbons (Fsp3) is 0.120. The van der Waals surface area contributed by atoms with Gasteiger partial charge in [0.25, 0.3) is 0 Å². The Kier molecular flexibility index (Phi) is 5.71. The summed E-state index contributed by atoms with van der Waals surface area (Å²) in [6.45, 7) is 2.03. The number of ether oxygens (including phenoxy) is 2. The molecule has 4 rings (SSSR count). The molecule has 0 saturated carbocycles. The Bertz CT molecular complexity index is 1270. The molecule has 6 nitrogen and oxygen atoms in total. The van der Waals surface area contributed by atoms with E-state index in [-0.39, 0.29) is 5.91 Å². The van der Waals surface area contributed by atoms with Crippen molar-refractivity contribution >= 4 is 23.3 Å². The van der Waals surface area contributed by atoms with Gasteiger partial charge in [-0.25, -0.2) is 4.98 Å². The van der Waals surface area contributed by atoms with Crippen LogP contribution < -0.4 is 14.8 Å². The molecule has 6 heteroatoms. The molecule has 0 spiro atoms. The van der Waals surface area contributed by atoms with Crippen LogP contribution >= 0.6 is 0 Å². The fourth-order valence-electron chi connectivity index (χ4n) is 3.40. The highest BCUT2D eigenvalue weighted by molar-refractivity contribution is 6.04. The molecule has 0 aliphatic carbocycles. The van der Waals surface area contributed by atoms with Crippen molar-refractivity contribution in [2.24, 2.45) is 0 Å². The number of nitrogens with one attached hydrogen (secondary N) is 1. The third kappa shape index (κ3) is 4.28. The summed E-state index contributed by atoms with van der Waals surface area (Å²) >= 11 is 0. The van der Waals surface area contributed by atoms with E-state index in [1.807, 2.05) is 72.2 Å². The van der Waals surface area contributed by atoms with Crippen molar-refractivity contribution in [1.82, 2.24) is 9.38 Å². The summed E-state index contributed by atoms with van der Waals surface area (Å²) in [6.07, 6.45) is 7.15. The number of benzene rings is 2. The van der Waals surface area contributed by atoms with E-state index in [2.05, 4.69) is 5.32 Å². The molecule has 0 unspecified atom stereocenters. The van der Waals surface area contributed by atoms with Gasteiger partial charge < -0.3 is 19.2 Å². The van der Waals surface area contributed by atoms with Crippen molar-refractivity contribution in [2.75, 3.05) is 19.5 Å². The lowest BCUT2D eigenvalue weighted by Crippen LogP contribution is -2.08. The molecule has 0 aliphatic heterocycles. The Balaban J connectivity index is 1.57. The Hall–Kier alpha value is -4.06. The quantitative estimate of drug-likeness (QED) is 0.453. The maximum atomic E-state index is 12.6. The molecular weight excluding hydrogens is 390 g/mol. The highest BCUT2D eigenvalue weighted by Crippen LogP contribution is 2.29. The van der Waals surface area contributed by atoms with Crippen molar-refractivity contribution < 1.29 is 14.3 Å². The molecule has 2 aromatic carbocycles. The minimum Gasteiger partial charge on any atom is -0.493 e. The molecule has 1 amide bonds. The van der Waals surface area contributed by atoms with Gasteiger partial charge in [-0.3, -0.25) is 4.79 Å². The third-order valence-corrected chi connectivity index (χ3v) is 4.97. The fourth-order valence-corrected chi connectivity index (χ4v) is 3.40. The Morgan fingerprint density at radius 2 is 1.84 bits per heavy atom. The molecule has 0 saturated heterocycles. The summed E-state index contributed by atoms with van der Waals surface area (Å²) in [5.74, 6) is 1.01. The summed E-state index contributed by atoms with van der Waals surface area (Å²) in [5, 5.41) is 2.96. The molecule has 0 aliphatic rings. The second-order valence-corrected chi connectivity index (χ2v) is 7.03. The number of pyridine rings is 1. The summed E-state index contributed by atoms with van der Waals surface area (Å²) in [7, 11) is 3.17. The number of imidazole rings is 1. The van der Waals surface area contributed by atoms with Gasteiger partial charge in [0.15, 0.2) is 11.5 Å². The molecule has 31 heavy (non-hydrogen) atoms. The van der Waals surface area contributed by atoms with Gasteiger partial charge in [-0.05, 0) is 48.4 Å². The van der Waals surface area contributed by atoms with Gasteiger partial charge in [0.1, 0.15) is 5.65 Å². The van der Waals surface area contributed by atoms with E-state index in [1.54, 1.807) is 26.4 Å². The van der Waals surface area contributed by atoms with Crippen LogP contribution in [-0.2, 0) is 4.79 Å². The summed E-state index contributed by atoms with van der Waals surface area (Å²) < 4.78 is 12.5. The van der Waals surface area contributed by atoms with Crippen molar-refractivity contribution in [2.45, 2.75) is 6.92 Å². The second kappa shape index (κ2) is 8.75. The minimum atomic E-state index is -0.234. The maximum Gasteiger partial charge on any atom is 0.248 e. The second-order valence-electron chi connectivity index (χ2n) is 7.03. The number of aromatic nitrogens is 2. The largest absolute Gasteiger partial charge is 0.493 e. The standard InChI is InChI=1S/C25H23N3O3/c1-17-7-6-14-28-16-21(27-25(17)28)19-8-4-5-9-20(19)26-24(29)13-11-18-10-12-22(30-2)23(15-18)31-3/h4-16H,1-3H3,(H,26,29)/b13-11+. The third-order valence-electron chi connectivity index (χ3n) is 4.97. The first-order chi connectivity index (χ1) is 15.1. The van der Waals surface area contributed by atoms with Crippen LogP contribution in [0.2, 0.25) is 0 Å². The predicted molar refractivity (Wildman–Crippen MR) is 123 cm³/mol. The number of nitrogens with zero attached hydrogens (tertiary/aromatic N) is 2. The van der Waals surface area contributed by atoms with Crippen molar-refractivity contribution in [1.29, 1.82) is 0 Å². The van der Waals surface area contributed by atoms with Gasteiger partial charge in [-0.2, -0.15) is 0 Å². The zero-order valence-electron chi connectivity index (χ0n) is 17.6. The molecule has 1 N–H and O–H groups in total. The minimum absolute atomic E-state index is 0.234. The SMILES string of the molecule is COc1ccc(/C=C/C(=O)Nc2ccccc2-c2cn3cccc(C)c3n2)cc1OC.